The number of hydrogen-bond donors (Lipinski definition) is 1. The summed E-state index contributed by atoms with van der Waals surface area (Å²) in [5, 5.41) is 0. The molecule has 112 valence electrons. The predicted molar refractivity (Wildman–Crippen MR) is 83.2 cm³/mol. The second-order valence-corrected chi connectivity index (χ2v) is 5.49. The number of piperazine rings is 1. The van der Waals surface area contributed by atoms with Crippen molar-refractivity contribution in [3.05, 3.63) is 29.8 Å². The van der Waals surface area contributed by atoms with E-state index in [0.29, 0.717) is 0 Å². The third-order valence-electron chi connectivity index (χ3n) is 3.82. The Morgan fingerprint density at radius 3 is 2.20 bits per heavy atom. The second-order valence-electron chi connectivity index (χ2n) is 5.49. The van der Waals surface area contributed by atoms with Gasteiger partial charge in [0.05, 0.1) is 6.61 Å². The molecule has 1 aromatic carbocycles. The van der Waals surface area contributed by atoms with Gasteiger partial charge in [-0.05, 0) is 25.5 Å². The number of rotatable bonds is 7. The molecule has 0 atom stereocenters. The van der Waals surface area contributed by atoms with Gasteiger partial charge in [0.25, 0.3) is 0 Å². The van der Waals surface area contributed by atoms with E-state index in [4.69, 9.17) is 10.5 Å². The maximum atomic E-state index is 5.76. The summed E-state index contributed by atoms with van der Waals surface area (Å²) >= 11 is 0. The zero-order valence-electron chi connectivity index (χ0n) is 12.6. The number of ether oxygens (including phenoxy) is 1. The van der Waals surface area contributed by atoms with Gasteiger partial charge in [-0.1, -0.05) is 17.7 Å². The molecule has 2 rings (SSSR count). The highest BCUT2D eigenvalue weighted by molar-refractivity contribution is 5.26. The molecule has 1 aromatic rings. The third-order valence-corrected chi connectivity index (χ3v) is 3.82. The Labute approximate surface area is 122 Å². The summed E-state index contributed by atoms with van der Waals surface area (Å²) in [5.74, 6) is 0.975. The van der Waals surface area contributed by atoms with E-state index >= 15 is 0 Å². The first-order chi connectivity index (χ1) is 9.78. The van der Waals surface area contributed by atoms with Crippen molar-refractivity contribution in [3.8, 4) is 5.75 Å². The van der Waals surface area contributed by atoms with Gasteiger partial charge in [-0.2, -0.15) is 0 Å². The summed E-state index contributed by atoms with van der Waals surface area (Å²) in [7, 11) is 0. The molecule has 1 aliphatic heterocycles. The summed E-state index contributed by atoms with van der Waals surface area (Å²) in [4.78, 5) is 4.96. The smallest absolute Gasteiger partial charge is 0.119 e. The van der Waals surface area contributed by atoms with Crippen LogP contribution >= 0.6 is 0 Å². The van der Waals surface area contributed by atoms with Crippen LogP contribution in [0.15, 0.2) is 24.3 Å². The van der Waals surface area contributed by atoms with Crippen LogP contribution in [0.2, 0.25) is 0 Å². The number of benzene rings is 1. The van der Waals surface area contributed by atoms with E-state index in [2.05, 4.69) is 28.9 Å². The molecule has 0 aromatic heterocycles. The van der Waals surface area contributed by atoms with Crippen molar-refractivity contribution in [1.29, 1.82) is 0 Å². The quantitative estimate of drug-likeness (QED) is 0.764. The van der Waals surface area contributed by atoms with Crippen LogP contribution in [0.5, 0.6) is 5.75 Å². The first kappa shape index (κ1) is 15.3. The highest BCUT2D eigenvalue weighted by atomic mass is 16.5. The van der Waals surface area contributed by atoms with Crippen LogP contribution in [0.1, 0.15) is 12.0 Å². The molecule has 1 fully saturated rings. The van der Waals surface area contributed by atoms with Crippen LogP contribution in [-0.4, -0.2) is 62.2 Å². The van der Waals surface area contributed by atoms with Gasteiger partial charge in [0, 0.05) is 45.8 Å². The van der Waals surface area contributed by atoms with E-state index in [1.54, 1.807) is 0 Å². The van der Waals surface area contributed by atoms with Gasteiger partial charge >= 0.3 is 0 Å². The van der Waals surface area contributed by atoms with Crippen LogP contribution in [0, 0.1) is 6.92 Å². The fraction of sp³-hybridized carbons (Fsp3) is 0.625. The minimum atomic E-state index is 0.768. The predicted octanol–water partition coefficient (Wildman–Crippen LogP) is 1.34. The van der Waals surface area contributed by atoms with E-state index < -0.39 is 0 Å². The van der Waals surface area contributed by atoms with E-state index in [-0.39, 0.29) is 0 Å². The van der Waals surface area contributed by atoms with Crippen LogP contribution in [0.4, 0.5) is 0 Å². The second kappa shape index (κ2) is 8.25. The van der Waals surface area contributed by atoms with Gasteiger partial charge in [-0.3, -0.25) is 4.90 Å². The molecule has 2 N–H and O–H groups in total. The fourth-order valence-electron chi connectivity index (χ4n) is 2.53. The maximum absolute atomic E-state index is 5.76. The van der Waals surface area contributed by atoms with E-state index in [1.807, 2.05) is 12.1 Å². The number of hydrogen-bond acceptors (Lipinski definition) is 4. The Hall–Kier alpha value is -1.10. The molecular weight excluding hydrogens is 250 g/mol. The van der Waals surface area contributed by atoms with Crippen LogP contribution < -0.4 is 10.5 Å². The third kappa shape index (κ3) is 5.12. The molecule has 20 heavy (non-hydrogen) atoms. The zero-order chi connectivity index (χ0) is 14.2. The van der Waals surface area contributed by atoms with Crippen molar-refractivity contribution in [2.75, 3.05) is 52.4 Å². The van der Waals surface area contributed by atoms with E-state index in [9.17, 15) is 0 Å². The first-order valence-electron chi connectivity index (χ1n) is 7.62. The van der Waals surface area contributed by atoms with Crippen molar-refractivity contribution in [1.82, 2.24) is 9.80 Å². The lowest BCUT2D eigenvalue weighted by Gasteiger charge is -2.34. The lowest BCUT2D eigenvalue weighted by Crippen LogP contribution is -2.48. The van der Waals surface area contributed by atoms with Gasteiger partial charge in [-0.25, -0.2) is 0 Å². The summed E-state index contributed by atoms with van der Waals surface area (Å²) in [5.41, 5.74) is 6.86. The molecule has 1 heterocycles. The van der Waals surface area contributed by atoms with Crippen molar-refractivity contribution >= 4 is 0 Å². The van der Waals surface area contributed by atoms with Crippen molar-refractivity contribution in [2.45, 2.75) is 13.3 Å². The molecule has 0 bridgehead atoms. The summed E-state index contributed by atoms with van der Waals surface area (Å²) in [6.45, 7) is 10.4. The molecule has 4 heteroatoms. The van der Waals surface area contributed by atoms with Crippen LogP contribution in [-0.2, 0) is 0 Å². The monoisotopic (exact) mass is 277 g/mol. The first-order valence-corrected chi connectivity index (χ1v) is 7.62. The largest absolute Gasteiger partial charge is 0.494 e. The topological polar surface area (TPSA) is 41.7 Å². The molecule has 0 amide bonds. The fourth-order valence-corrected chi connectivity index (χ4v) is 2.53. The zero-order valence-corrected chi connectivity index (χ0v) is 12.6. The average molecular weight is 277 g/mol. The highest BCUT2D eigenvalue weighted by Crippen LogP contribution is 2.11. The lowest BCUT2D eigenvalue weighted by molar-refractivity contribution is 0.128. The minimum Gasteiger partial charge on any atom is -0.494 e. The molecule has 0 saturated carbocycles. The summed E-state index contributed by atoms with van der Waals surface area (Å²) in [6.07, 6.45) is 1.09. The van der Waals surface area contributed by atoms with Gasteiger partial charge < -0.3 is 15.4 Å². The summed E-state index contributed by atoms with van der Waals surface area (Å²) in [6, 6.07) is 8.26. The molecule has 4 nitrogen and oxygen atoms in total. The number of aryl methyl sites for hydroxylation is 1. The van der Waals surface area contributed by atoms with Gasteiger partial charge in [0.2, 0.25) is 0 Å². The van der Waals surface area contributed by atoms with Crippen molar-refractivity contribution in [2.24, 2.45) is 5.73 Å². The molecular formula is C16H27N3O. The molecule has 0 unspecified atom stereocenters. The number of nitrogens with zero attached hydrogens (tertiary/aromatic N) is 2. The van der Waals surface area contributed by atoms with E-state index in [1.165, 1.54) is 5.56 Å². The summed E-state index contributed by atoms with van der Waals surface area (Å²) < 4.78 is 5.76. The SMILES string of the molecule is Cc1ccc(OCCCN2CCN(CCN)CC2)cc1. The normalized spacial score (nSPS) is 17.3. The average Bonchev–Trinajstić information content (AvgIpc) is 2.47. The minimum absolute atomic E-state index is 0.768. The molecule has 0 spiro atoms. The molecule has 0 radical (unpaired) electrons. The van der Waals surface area contributed by atoms with Crippen molar-refractivity contribution in [3.63, 3.8) is 0 Å². The Kier molecular flexibility index (Phi) is 6.30. The Balaban J connectivity index is 1.56. The highest BCUT2D eigenvalue weighted by Gasteiger charge is 2.15. The standard InChI is InChI=1S/C16H27N3O/c1-15-3-5-16(6-4-15)20-14-2-8-18-10-12-19(9-7-17)13-11-18/h3-6H,2,7-14,17H2,1H3. The molecule has 0 aliphatic carbocycles. The van der Waals surface area contributed by atoms with Crippen LogP contribution in [0.3, 0.4) is 0 Å². The Bertz CT molecular complexity index is 372. The van der Waals surface area contributed by atoms with Gasteiger partial charge in [0.1, 0.15) is 5.75 Å². The van der Waals surface area contributed by atoms with E-state index in [0.717, 1.165) is 64.6 Å². The molecule has 1 aliphatic rings. The maximum Gasteiger partial charge on any atom is 0.119 e. The number of nitrogens with two attached hydrogens (primary N) is 1. The lowest BCUT2D eigenvalue weighted by atomic mass is 10.2. The Morgan fingerprint density at radius 1 is 1.00 bits per heavy atom. The van der Waals surface area contributed by atoms with Gasteiger partial charge in [-0.15, -0.1) is 0 Å². The van der Waals surface area contributed by atoms with Crippen LogP contribution in [0.25, 0.3) is 0 Å². The van der Waals surface area contributed by atoms with Crippen molar-refractivity contribution < 1.29 is 4.74 Å². The Morgan fingerprint density at radius 2 is 1.60 bits per heavy atom. The van der Waals surface area contributed by atoms with Gasteiger partial charge in [0.15, 0.2) is 0 Å². The molecule has 1 saturated heterocycles.